The van der Waals surface area contributed by atoms with E-state index in [1.807, 2.05) is 44.3 Å². The normalized spacial score (nSPS) is 14.0. The van der Waals surface area contributed by atoms with Crippen LogP contribution in [0.15, 0.2) is 29.3 Å². The molecule has 0 aliphatic heterocycles. The van der Waals surface area contributed by atoms with E-state index in [9.17, 15) is 5.26 Å². The number of ether oxygens (including phenoxy) is 1. The van der Waals surface area contributed by atoms with Crippen LogP contribution in [0.4, 0.5) is 5.00 Å². The highest BCUT2D eigenvalue weighted by atomic mass is 32.1. The van der Waals surface area contributed by atoms with Gasteiger partial charge in [-0.1, -0.05) is 12.1 Å². The molecule has 0 amide bonds. The lowest BCUT2D eigenvalue weighted by molar-refractivity contribution is 0.242. The van der Waals surface area contributed by atoms with E-state index in [1.165, 1.54) is 23.3 Å². The molecule has 0 bridgehead atoms. The molecule has 1 aliphatic carbocycles. The topological polar surface area (TPSA) is 45.4 Å². The fraction of sp³-hybridized carbons (Fsp3) is 0.368. The molecule has 0 unspecified atom stereocenters. The zero-order valence-corrected chi connectivity index (χ0v) is 14.3. The minimum atomic E-state index is 0.119. The van der Waals surface area contributed by atoms with Crippen LogP contribution in [0.25, 0.3) is 0 Å². The number of nitrogens with zero attached hydrogens (tertiary/aromatic N) is 2. The lowest BCUT2D eigenvalue weighted by Gasteiger charge is -2.11. The molecule has 1 aromatic heterocycles. The first-order valence-corrected chi connectivity index (χ1v) is 8.85. The third-order valence-corrected chi connectivity index (χ3v) is 5.07. The van der Waals surface area contributed by atoms with E-state index in [1.54, 1.807) is 11.3 Å². The van der Waals surface area contributed by atoms with Crippen molar-refractivity contribution < 1.29 is 4.74 Å². The summed E-state index contributed by atoms with van der Waals surface area (Å²) in [4.78, 5) is 5.95. The average Bonchev–Trinajstić information content (AvgIpc) is 2.91. The number of aryl methyl sites for hydroxylation is 1. The van der Waals surface area contributed by atoms with Gasteiger partial charge < -0.3 is 4.74 Å². The van der Waals surface area contributed by atoms with E-state index in [-0.39, 0.29) is 6.10 Å². The molecule has 0 spiro atoms. The van der Waals surface area contributed by atoms with Crippen LogP contribution in [0.1, 0.15) is 48.3 Å². The Kier molecular flexibility index (Phi) is 4.78. The highest BCUT2D eigenvalue weighted by Gasteiger charge is 2.20. The molecule has 0 saturated carbocycles. The van der Waals surface area contributed by atoms with Crippen LogP contribution in [0.5, 0.6) is 5.75 Å². The number of fused-ring (bicyclic) bond motifs is 1. The lowest BCUT2D eigenvalue weighted by Crippen LogP contribution is -2.07. The highest BCUT2D eigenvalue weighted by Crippen LogP contribution is 2.39. The number of aliphatic imine (C=N–C) groups is 1. The van der Waals surface area contributed by atoms with Crippen LogP contribution < -0.4 is 4.74 Å². The van der Waals surface area contributed by atoms with Crippen molar-refractivity contribution in [2.75, 3.05) is 0 Å². The van der Waals surface area contributed by atoms with Gasteiger partial charge in [-0.2, -0.15) is 5.26 Å². The number of benzene rings is 1. The summed E-state index contributed by atoms with van der Waals surface area (Å²) in [5.41, 5.74) is 2.93. The van der Waals surface area contributed by atoms with Crippen LogP contribution in [-0.4, -0.2) is 12.3 Å². The molecule has 0 saturated heterocycles. The summed E-state index contributed by atoms with van der Waals surface area (Å²) in [7, 11) is 0. The molecule has 1 aliphatic rings. The van der Waals surface area contributed by atoms with Crippen molar-refractivity contribution in [1.29, 1.82) is 5.26 Å². The van der Waals surface area contributed by atoms with E-state index in [0.29, 0.717) is 0 Å². The highest BCUT2D eigenvalue weighted by molar-refractivity contribution is 7.16. The molecule has 0 atom stereocenters. The maximum atomic E-state index is 9.49. The van der Waals surface area contributed by atoms with Crippen LogP contribution >= 0.6 is 11.3 Å². The summed E-state index contributed by atoms with van der Waals surface area (Å²) in [6, 6.07) is 10.2. The van der Waals surface area contributed by atoms with Crippen molar-refractivity contribution in [3.63, 3.8) is 0 Å². The maximum Gasteiger partial charge on any atom is 0.134 e. The predicted molar refractivity (Wildman–Crippen MR) is 95.1 cm³/mol. The SMILES string of the molecule is CC(C)Oc1ccccc1C=Nc1sc2c(c1C#N)CCCC2. The molecule has 1 heterocycles. The summed E-state index contributed by atoms with van der Waals surface area (Å²) < 4.78 is 5.82. The number of hydrogen-bond acceptors (Lipinski definition) is 4. The van der Waals surface area contributed by atoms with Crippen LogP contribution in [0.3, 0.4) is 0 Å². The molecule has 0 N–H and O–H groups in total. The van der Waals surface area contributed by atoms with Crippen LogP contribution in [0, 0.1) is 11.3 Å². The van der Waals surface area contributed by atoms with Crippen LogP contribution in [0.2, 0.25) is 0 Å². The lowest BCUT2D eigenvalue weighted by atomic mass is 9.96. The molecular weight excluding hydrogens is 304 g/mol. The van der Waals surface area contributed by atoms with Crippen molar-refractivity contribution in [2.45, 2.75) is 45.6 Å². The standard InChI is InChI=1S/C19H20N2OS/c1-13(2)22-17-9-5-3-7-14(17)12-21-19-16(11-20)15-8-4-6-10-18(15)23-19/h3,5,7,9,12-13H,4,6,8,10H2,1-2H3. The number of nitriles is 1. The first-order valence-electron chi connectivity index (χ1n) is 8.03. The second-order valence-electron chi connectivity index (χ2n) is 5.97. The van der Waals surface area contributed by atoms with Gasteiger partial charge in [0.15, 0.2) is 0 Å². The van der Waals surface area contributed by atoms with Crippen molar-refractivity contribution >= 4 is 22.6 Å². The van der Waals surface area contributed by atoms with Crippen molar-refractivity contribution in [3.8, 4) is 11.8 Å². The van der Waals surface area contributed by atoms with Gasteiger partial charge in [0.25, 0.3) is 0 Å². The van der Waals surface area contributed by atoms with Gasteiger partial charge in [-0.15, -0.1) is 11.3 Å². The smallest absolute Gasteiger partial charge is 0.134 e. The zero-order valence-electron chi connectivity index (χ0n) is 13.5. The molecule has 2 aromatic rings. The maximum absolute atomic E-state index is 9.49. The average molecular weight is 324 g/mol. The Balaban J connectivity index is 1.92. The van der Waals surface area contributed by atoms with Gasteiger partial charge in [0.1, 0.15) is 16.8 Å². The zero-order chi connectivity index (χ0) is 16.2. The summed E-state index contributed by atoms with van der Waals surface area (Å²) in [5.74, 6) is 0.825. The quantitative estimate of drug-likeness (QED) is 0.740. The van der Waals surface area contributed by atoms with Gasteiger partial charge in [-0.05, 0) is 57.2 Å². The second-order valence-corrected chi connectivity index (χ2v) is 7.05. The molecule has 4 heteroatoms. The summed E-state index contributed by atoms with van der Waals surface area (Å²) in [6.07, 6.45) is 6.41. The first-order chi connectivity index (χ1) is 11.2. The van der Waals surface area contributed by atoms with Crippen LogP contribution in [-0.2, 0) is 12.8 Å². The van der Waals surface area contributed by atoms with E-state index in [4.69, 9.17) is 4.74 Å². The Morgan fingerprint density at radius 3 is 2.83 bits per heavy atom. The third kappa shape index (κ3) is 3.46. The number of thiophene rings is 1. The Morgan fingerprint density at radius 2 is 2.04 bits per heavy atom. The van der Waals surface area contributed by atoms with Gasteiger partial charge in [0, 0.05) is 16.7 Å². The summed E-state index contributed by atoms with van der Waals surface area (Å²) >= 11 is 1.66. The summed E-state index contributed by atoms with van der Waals surface area (Å²) in [5, 5.41) is 10.3. The first kappa shape index (κ1) is 15.8. The fourth-order valence-electron chi connectivity index (χ4n) is 2.83. The van der Waals surface area contributed by atoms with E-state index in [0.717, 1.165) is 34.7 Å². The molecular formula is C19H20N2OS. The Bertz CT molecular complexity index is 768. The molecule has 0 radical (unpaired) electrons. The molecule has 23 heavy (non-hydrogen) atoms. The van der Waals surface area contributed by atoms with E-state index < -0.39 is 0 Å². The van der Waals surface area contributed by atoms with Gasteiger partial charge in [0.2, 0.25) is 0 Å². The second kappa shape index (κ2) is 6.97. The van der Waals surface area contributed by atoms with Gasteiger partial charge in [-0.25, -0.2) is 4.99 Å². The molecule has 1 aromatic carbocycles. The monoisotopic (exact) mass is 324 g/mol. The van der Waals surface area contributed by atoms with Gasteiger partial charge >= 0.3 is 0 Å². The number of rotatable bonds is 4. The number of hydrogen-bond donors (Lipinski definition) is 0. The van der Waals surface area contributed by atoms with E-state index in [2.05, 4.69) is 11.1 Å². The predicted octanol–water partition coefficient (Wildman–Crippen LogP) is 5.04. The Labute approximate surface area is 141 Å². The molecule has 118 valence electrons. The minimum absolute atomic E-state index is 0.119. The Morgan fingerprint density at radius 1 is 1.26 bits per heavy atom. The molecule has 0 fully saturated rings. The number of para-hydroxylation sites is 1. The molecule has 3 nitrogen and oxygen atoms in total. The van der Waals surface area contributed by atoms with Gasteiger partial charge in [0.05, 0.1) is 11.7 Å². The van der Waals surface area contributed by atoms with E-state index >= 15 is 0 Å². The minimum Gasteiger partial charge on any atom is -0.490 e. The Hall–Kier alpha value is -2.12. The van der Waals surface area contributed by atoms with Crippen molar-refractivity contribution in [2.24, 2.45) is 4.99 Å². The van der Waals surface area contributed by atoms with Crippen molar-refractivity contribution in [1.82, 2.24) is 0 Å². The molecule has 3 rings (SSSR count). The fourth-order valence-corrected chi connectivity index (χ4v) is 4.02. The van der Waals surface area contributed by atoms with Gasteiger partial charge in [-0.3, -0.25) is 0 Å². The largest absolute Gasteiger partial charge is 0.490 e. The third-order valence-electron chi connectivity index (χ3n) is 3.87. The van der Waals surface area contributed by atoms with Crippen molar-refractivity contribution in [3.05, 3.63) is 45.8 Å². The summed E-state index contributed by atoms with van der Waals surface area (Å²) in [6.45, 7) is 4.02.